The first kappa shape index (κ1) is 15.8. The topological polar surface area (TPSA) is 57.2 Å². The van der Waals surface area contributed by atoms with Crippen molar-refractivity contribution in [2.75, 3.05) is 6.54 Å². The van der Waals surface area contributed by atoms with E-state index >= 15 is 0 Å². The van der Waals surface area contributed by atoms with Crippen LogP contribution < -0.4 is 15.3 Å². The van der Waals surface area contributed by atoms with Crippen molar-refractivity contribution in [3.05, 3.63) is 38.8 Å². The number of nitrogens with zero attached hydrogens (tertiary/aromatic N) is 1. The molecule has 21 heavy (non-hydrogen) atoms. The standard InChI is InChI=1S/C16H22N2O2S/c1-11(2)20-14-7-5-13(6-8-14)15-12(3)21-16(19)18(15)10-4-9-17/h5-8,11H,4,9-10,17H2,1-3H3. The maximum atomic E-state index is 12.1. The average Bonchev–Trinajstić information content (AvgIpc) is 2.71. The molecule has 0 saturated heterocycles. The molecular formula is C16H22N2O2S. The number of benzene rings is 1. The highest BCUT2D eigenvalue weighted by molar-refractivity contribution is 7.09. The quantitative estimate of drug-likeness (QED) is 0.892. The Hall–Kier alpha value is -1.59. The second-order valence-electron chi connectivity index (χ2n) is 5.26. The van der Waals surface area contributed by atoms with E-state index in [1.54, 1.807) is 0 Å². The largest absolute Gasteiger partial charge is 0.491 e. The van der Waals surface area contributed by atoms with Crippen LogP contribution in [0.25, 0.3) is 11.3 Å². The first-order chi connectivity index (χ1) is 10.0. The molecule has 4 nitrogen and oxygen atoms in total. The summed E-state index contributed by atoms with van der Waals surface area (Å²) in [7, 11) is 0. The van der Waals surface area contributed by atoms with E-state index in [2.05, 4.69) is 0 Å². The number of aromatic nitrogens is 1. The van der Waals surface area contributed by atoms with Gasteiger partial charge in [0.1, 0.15) is 5.75 Å². The summed E-state index contributed by atoms with van der Waals surface area (Å²) >= 11 is 1.29. The van der Waals surface area contributed by atoms with Crippen molar-refractivity contribution in [2.24, 2.45) is 5.73 Å². The summed E-state index contributed by atoms with van der Waals surface area (Å²) in [6.07, 6.45) is 0.957. The summed E-state index contributed by atoms with van der Waals surface area (Å²) in [6, 6.07) is 7.91. The average molecular weight is 306 g/mol. The van der Waals surface area contributed by atoms with Crippen LogP contribution in [0.4, 0.5) is 0 Å². The lowest BCUT2D eigenvalue weighted by Gasteiger charge is -2.12. The molecule has 2 rings (SSSR count). The van der Waals surface area contributed by atoms with E-state index in [0.29, 0.717) is 13.1 Å². The summed E-state index contributed by atoms with van der Waals surface area (Å²) in [5, 5.41) is 0. The van der Waals surface area contributed by atoms with E-state index < -0.39 is 0 Å². The van der Waals surface area contributed by atoms with Gasteiger partial charge >= 0.3 is 4.87 Å². The predicted molar refractivity (Wildman–Crippen MR) is 88.2 cm³/mol. The fourth-order valence-electron chi connectivity index (χ4n) is 2.29. The molecule has 0 radical (unpaired) electrons. The number of ether oxygens (including phenoxy) is 1. The molecule has 114 valence electrons. The van der Waals surface area contributed by atoms with Crippen LogP contribution in [0.15, 0.2) is 29.1 Å². The number of thiazole rings is 1. The maximum absolute atomic E-state index is 12.1. The van der Waals surface area contributed by atoms with E-state index in [4.69, 9.17) is 10.5 Å². The molecule has 2 N–H and O–H groups in total. The third-order valence-electron chi connectivity index (χ3n) is 3.15. The van der Waals surface area contributed by atoms with Crippen LogP contribution >= 0.6 is 11.3 Å². The van der Waals surface area contributed by atoms with Gasteiger partial charge in [0.25, 0.3) is 0 Å². The molecule has 0 bridgehead atoms. The van der Waals surface area contributed by atoms with Gasteiger partial charge in [-0.2, -0.15) is 0 Å². The third kappa shape index (κ3) is 3.74. The molecule has 0 aliphatic rings. The molecule has 0 aliphatic carbocycles. The molecule has 1 aromatic heterocycles. The summed E-state index contributed by atoms with van der Waals surface area (Å²) in [5.41, 5.74) is 7.60. The third-order valence-corrected chi connectivity index (χ3v) is 4.04. The van der Waals surface area contributed by atoms with Gasteiger partial charge in [0, 0.05) is 11.4 Å². The first-order valence-corrected chi connectivity index (χ1v) is 8.02. The van der Waals surface area contributed by atoms with Crippen LogP contribution in [0.3, 0.4) is 0 Å². The summed E-state index contributed by atoms with van der Waals surface area (Å²) in [4.78, 5) is 13.2. The Morgan fingerprint density at radius 2 is 1.95 bits per heavy atom. The van der Waals surface area contributed by atoms with Crippen molar-refractivity contribution in [2.45, 2.75) is 39.8 Å². The molecule has 0 spiro atoms. The zero-order valence-corrected chi connectivity index (χ0v) is 13.6. The lowest BCUT2D eigenvalue weighted by molar-refractivity contribution is 0.242. The van der Waals surface area contributed by atoms with Crippen molar-refractivity contribution < 1.29 is 4.74 Å². The number of rotatable bonds is 6. The van der Waals surface area contributed by atoms with E-state index in [0.717, 1.165) is 28.3 Å². The highest BCUT2D eigenvalue weighted by Gasteiger charge is 2.13. The maximum Gasteiger partial charge on any atom is 0.307 e. The fraction of sp³-hybridized carbons (Fsp3) is 0.438. The molecule has 0 aliphatic heterocycles. The summed E-state index contributed by atoms with van der Waals surface area (Å²) in [6.45, 7) is 7.24. The minimum Gasteiger partial charge on any atom is -0.491 e. The van der Waals surface area contributed by atoms with Crippen LogP contribution in [0.5, 0.6) is 5.75 Å². The Morgan fingerprint density at radius 1 is 1.29 bits per heavy atom. The molecular weight excluding hydrogens is 284 g/mol. The van der Waals surface area contributed by atoms with Crippen LogP contribution in [0, 0.1) is 6.92 Å². The number of nitrogens with two attached hydrogens (primary N) is 1. The number of hydrogen-bond acceptors (Lipinski definition) is 4. The van der Waals surface area contributed by atoms with Crippen molar-refractivity contribution in [3.63, 3.8) is 0 Å². The van der Waals surface area contributed by atoms with Gasteiger partial charge in [0.15, 0.2) is 0 Å². The Labute approximate surface area is 129 Å². The minimum absolute atomic E-state index is 0.0819. The Kier molecular flexibility index (Phi) is 5.20. The van der Waals surface area contributed by atoms with Gasteiger partial charge in [0.05, 0.1) is 11.8 Å². The summed E-state index contributed by atoms with van der Waals surface area (Å²) in [5.74, 6) is 0.845. The molecule has 0 amide bonds. The predicted octanol–water partition coefficient (Wildman–Crippen LogP) is 3.02. The Morgan fingerprint density at radius 3 is 2.52 bits per heavy atom. The Balaban J connectivity index is 2.35. The normalized spacial score (nSPS) is 11.1. The van der Waals surface area contributed by atoms with Gasteiger partial charge in [-0.3, -0.25) is 9.36 Å². The molecule has 5 heteroatoms. The lowest BCUT2D eigenvalue weighted by atomic mass is 10.1. The monoisotopic (exact) mass is 306 g/mol. The number of hydrogen-bond donors (Lipinski definition) is 1. The smallest absolute Gasteiger partial charge is 0.307 e. The van der Waals surface area contributed by atoms with Crippen molar-refractivity contribution in [1.82, 2.24) is 4.57 Å². The molecule has 1 aromatic carbocycles. The highest BCUT2D eigenvalue weighted by atomic mass is 32.1. The number of aryl methyl sites for hydroxylation is 1. The highest BCUT2D eigenvalue weighted by Crippen LogP contribution is 2.27. The zero-order chi connectivity index (χ0) is 15.4. The van der Waals surface area contributed by atoms with Crippen LogP contribution in [-0.4, -0.2) is 17.2 Å². The van der Waals surface area contributed by atoms with E-state index in [9.17, 15) is 4.79 Å². The van der Waals surface area contributed by atoms with E-state index in [1.165, 1.54) is 11.3 Å². The molecule has 1 heterocycles. The molecule has 0 unspecified atom stereocenters. The minimum atomic E-state index is 0.0819. The van der Waals surface area contributed by atoms with E-state index in [-0.39, 0.29) is 11.0 Å². The Bertz CT molecular complexity index is 641. The van der Waals surface area contributed by atoms with Gasteiger partial charge in [-0.05, 0) is 63.6 Å². The van der Waals surface area contributed by atoms with Gasteiger partial charge < -0.3 is 10.5 Å². The SMILES string of the molecule is Cc1sc(=O)n(CCCN)c1-c1ccc(OC(C)C)cc1. The molecule has 0 saturated carbocycles. The van der Waals surface area contributed by atoms with Crippen molar-refractivity contribution >= 4 is 11.3 Å². The van der Waals surface area contributed by atoms with Gasteiger partial charge in [-0.15, -0.1) is 0 Å². The molecule has 0 atom stereocenters. The zero-order valence-electron chi connectivity index (χ0n) is 12.8. The van der Waals surface area contributed by atoms with Crippen LogP contribution in [-0.2, 0) is 6.54 Å². The van der Waals surface area contributed by atoms with Crippen LogP contribution in [0.1, 0.15) is 25.1 Å². The molecule has 0 fully saturated rings. The summed E-state index contributed by atoms with van der Waals surface area (Å²) < 4.78 is 7.48. The lowest BCUT2D eigenvalue weighted by Crippen LogP contribution is -2.16. The fourth-order valence-corrected chi connectivity index (χ4v) is 3.17. The van der Waals surface area contributed by atoms with E-state index in [1.807, 2.05) is 49.6 Å². The van der Waals surface area contributed by atoms with Gasteiger partial charge in [-0.1, -0.05) is 11.3 Å². The second kappa shape index (κ2) is 6.91. The first-order valence-electron chi connectivity index (χ1n) is 7.20. The van der Waals surface area contributed by atoms with Gasteiger partial charge in [-0.25, -0.2) is 0 Å². The second-order valence-corrected chi connectivity index (χ2v) is 6.42. The van der Waals surface area contributed by atoms with Crippen LogP contribution in [0.2, 0.25) is 0 Å². The van der Waals surface area contributed by atoms with Crippen molar-refractivity contribution in [3.8, 4) is 17.0 Å². The molecule has 2 aromatic rings. The van der Waals surface area contributed by atoms with Gasteiger partial charge in [0.2, 0.25) is 0 Å². The van der Waals surface area contributed by atoms with Crippen molar-refractivity contribution in [1.29, 1.82) is 0 Å².